The van der Waals surface area contributed by atoms with Crippen molar-refractivity contribution in [2.75, 3.05) is 14.2 Å². The van der Waals surface area contributed by atoms with Gasteiger partial charge in [0.15, 0.2) is 5.75 Å². The van der Waals surface area contributed by atoms with Crippen molar-refractivity contribution < 1.29 is 9.47 Å². The summed E-state index contributed by atoms with van der Waals surface area (Å²) in [7, 11) is 3.03. The van der Waals surface area contributed by atoms with Crippen LogP contribution in [0.1, 0.15) is 11.3 Å². The van der Waals surface area contributed by atoms with Crippen molar-refractivity contribution in [2.24, 2.45) is 0 Å². The summed E-state index contributed by atoms with van der Waals surface area (Å²) in [4.78, 5) is 14.5. The van der Waals surface area contributed by atoms with Crippen LogP contribution in [0.4, 0.5) is 0 Å². The van der Waals surface area contributed by atoms with Gasteiger partial charge in [0, 0.05) is 18.9 Å². The van der Waals surface area contributed by atoms with Crippen molar-refractivity contribution in [3.8, 4) is 5.75 Å². The van der Waals surface area contributed by atoms with E-state index in [1.807, 2.05) is 0 Å². The number of hydrogen-bond acceptors (Lipinski definition) is 3. The van der Waals surface area contributed by atoms with Crippen molar-refractivity contribution in [3.05, 3.63) is 27.7 Å². The molecule has 4 heteroatoms. The highest BCUT2D eigenvalue weighted by Crippen LogP contribution is 2.09. The summed E-state index contributed by atoms with van der Waals surface area (Å²) in [5, 5.41) is 0. The van der Waals surface area contributed by atoms with E-state index in [0.29, 0.717) is 17.9 Å². The minimum atomic E-state index is -0.111. The minimum absolute atomic E-state index is 0.111. The third-order valence-corrected chi connectivity index (χ3v) is 1.81. The number of rotatable bonds is 3. The smallest absolute Gasteiger partial charge is 0.229 e. The average molecular weight is 183 g/mol. The molecule has 0 bridgehead atoms. The molecule has 0 radical (unpaired) electrons. The van der Waals surface area contributed by atoms with Gasteiger partial charge in [-0.15, -0.1) is 0 Å². The van der Waals surface area contributed by atoms with Gasteiger partial charge in [-0.2, -0.15) is 0 Å². The van der Waals surface area contributed by atoms with Gasteiger partial charge in [-0.25, -0.2) is 0 Å². The third-order valence-electron chi connectivity index (χ3n) is 1.81. The van der Waals surface area contributed by atoms with Gasteiger partial charge in [0.05, 0.1) is 19.4 Å². The molecule has 1 N–H and O–H groups in total. The largest absolute Gasteiger partial charge is 0.491 e. The molecule has 1 aromatic heterocycles. The third kappa shape index (κ3) is 1.89. The molecular weight excluding hydrogens is 170 g/mol. The second-order valence-corrected chi connectivity index (χ2v) is 2.73. The van der Waals surface area contributed by atoms with Gasteiger partial charge >= 0.3 is 0 Å². The van der Waals surface area contributed by atoms with E-state index in [4.69, 9.17) is 9.47 Å². The Labute approximate surface area is 76.5 Å². The molecule has 0 atom stereocenters. The van der Waals surface area contributed by atoms with Crippen LogP contribution >= 0.6 is 0 Å². The molecule has 0 fully saturated rings. The van der Waals surface area contributed by atoms with Crippen LogP contribution in [0.25, 0.3) is 0 Å². The summed E-state index contributed by atoms with van der Waals surface area (Å²) in [5.41, 5.74) is 1.19. The Bertz CT molecular complexity index is 343. The van der Waals surface area contributed by atoms with Crippen LogP contribution in [0.15, 0.2) is 11.0 Å². The van der Waals surface area contributed by atoms with Crippen molar-refractivity contribution in [2.45, 2.75) is 13.5 Å². The zero-order valence-corrected chi connectivity index (χ0v) is 8.01. The van der Waals surface area contributed by atoms with Crippen LogP contribution in [0.3, 0.4) is 0 Å². The summed E-state index contributed by atoms with van der Waals surface area (Å²) < 4.78 is 9.84. The van der Waals surface area contributed by atoms with E-state index in [9.17, 15) is 4.79 Å². The molecule has 1 rings (SSSR count). The summed E-state index contributed by atoms with van der Waals surface area (Å²) in [6, 6.07) is 0. The van der Waals surface area contributed by atoms with Gasteiger partial charge in [0.1, 0.15) is 0 Å². The first kappa shape index (κ1) is 9.80. The van der Waals surface area contributed by atoms with Crippen LogP contribution in [0.2, 0.25) is 0 Å². The minimum Gasteiger partial charge on any atom is -0.491 e. The van der Waals surface area contributed by atoms with Crippen LogP contribution < -0.4 is 10.2 Å². The van der Waals surface area contributed by atoms with Crippen molar-refractivity contribution in [1.29, 1.82) is 0 Å². The zero-order valence-electron chi connectivity index (χ0n) is 8.01. The molecule has 0 aliphatic heterocycles. The van der Waals surface area contributed by atoms with Crippen LogP contribution in [0.5, 0.6) is 5.75 Å². The molecule has 13 heavy (non-hydrogen) atoms. The van der Waals surface area contributed by atoms with Gasteiger partial charge in [0.25, 0.3) is 0 Å². The second kappa shape index (κ2) is 4.09. The number of hydrogen-bond donors (Lipinski definition) is 1. The maximum atomic E-state index is 11.6. The first-order valence-electron chi connectivity index (χ1n) is 3.94. The van der Waals surface area contributed by atoms with Crippen LogP contribution in [-0.4, -0.2) is 19.2 Å². The summed E-state index contributed by atoms with van der Waals surface area (Å²) in [5.74, 6) is 0.356. The first-order chi connectivity index (χ1) is 6.20. The number of H-pyrrole nitrogens is 1. The predicted molar refractivity (Wildman–Crippen MR) is 49.1 cm³/mol. The number of nitrogens with one attached hydrogen (secondary N) is 1. The van der Waals surface area contributed by atoms with Gasteiger partial charge in [-0.3, -0.25) is 4.79 Å². The van der Waals surface area contributed by atoms with E-state index in [2.05, 4.69) is 4.98 Å². The number of aromatic nitrogens is 1. The van der Waals surface area contributed by atoms with E-state index < -0.39 is 0 Å². The zero-order chi connectivity index (χ0) is 9.84. The lowest BCUT2D eigenvalue weighted by molar-refractivity contribution is 0.183. The maximum absolute atomic E-state index is 11.6. The Morgan fingerprint density at radius 2 is 2.15 bits per heavy atom. The predicted octanol–water partition coefficient (Wildman–Crippen LogP) is 0.838. The van der Waals surface area contributed by atoms with Crippen LogP contribution in [-0.2, 0) is 11.3 Å². The second-order valence-electron chi connectivity index (χ2n) is 2.73. The quantitative estimate of drug-likeness (QED) is 0.755. The van der Waals surface area contributed by atoms with Gasteiger partial charge in [-0.1, -0.05) is 0 Å². The van der Waals surface area contributed by atoms with Crippen molar-refractivity contribution in [1.82, 2.24) is 4.98 Å². The topological polar surface area (TPSA) is 51.3 Å². The molecule has 72 valence electrons. The molecule has 0 saturated heterocycles. The van der Waals surface area contributed by atoms with Gasteiger partial charge < -0.3 is 14.5 Å². The van der Waals surface area contributed by atoms with E-state index in [1.54, 1.807) is 20.2 Å². The SMILES string of the molecule is COCc1c[nH]c(C)c(OC)c1=O. The Morgan fingerprint density at radius 1 is 1.46 bits per heavy atom. The average Bonchev–Trinajstić information content (AvgIpc) is 2.11. The molecule has 0 amide bonds. The molecule has 1 heterocycles. The van der Waals surface area contributed by atoms with Crippen LogP contribution in [0, 0.1) is 6.92 Å². The van der Waals surface area contributed by atoms with Gasteiger partial charge in [0.2, 0.25) is 5.43 Å². The highest BCUT2D eigenvalue weighted by atomic mass is 16.5. The first-order valence-corrected chi connectivity index (χ1v) is 3.94. The molecule has 0 aliphatic rings. The Kier molecular flexibility index (Phi) is 3.08. The normalized spacial score (nSPS) is 10.1. The molecule has 0 unspecified atom stereocenters. The van der Waals surface area contributed by atoms with Gasteiger partial charge in [-0.05, 0) is 6.92 Å². The summed E-state index contributed by atoms with van der Waals surface area (Å²) >= 11 is 0. The standard InChI is InChI=1S/C9H13NO3/c1-6-9(13-3)8(11)7(4-10-6)5-12-2/h4H,5H2,1-3H3,(H,10,11). The fourth-order valence-corrected chi connectivity index (χ4v) is 1.15. The number of pyridine rings is 1. The van der Waals surface area contributed by atoms with E-state index >= 15 is 0 Å². The fraction of sp³-hybridized carbons (Fsp3) is 0.444. The van der Waals surface area contributed by atoms with E-state index in [-0.39, 0.29) is 5.43 Å². The molecule has 0 aromatic carbocycles. The van der Waals surface area contributed by atoms with E-state index in [1.165, 1.54) is 7.11 Å². The summed E-state index contributed by atoms with van der Waals surface area (Å²) in [6.07, 6.45) is 1.64. The van der Waals surface area contributed by atoms with E-state index in [0.717, 1.165) is 5.69 Å². The Balaban J connectivity index is 3.20. The molecule has 0 aliphatic carbocycles. The molecule has 0 spiro atoms. The molecule has 1 aromatic rings. The fourth-order valence-electron chi connectivity index (χ4n) is 1.15. The number of aromatic amines is 1. The summed E-state index contributed by atoms with van der Waals surface area (Å²) in [6.45, 7) is 2.09. The molecule has 0 saturated carbocycles. The molecular formula is C9H13NO3. The maximum Gasteiger partial charge on any atom is 0.229 e. The number of ether oxygens (including phenoxy) is 2. The highest BCUT2D eigenvalue weighted by molar-refractivity contribution is 5.30. The van der Waals surface area contributed by atoms with Crippen molar-refractivity contribution in [3.63, 3.8) is 0 Å². The van der Waals surface area contributed by atoms with Crippen molar-refractivity contribution >= 4 is 0 Å². The lowest BCUT2D eigenvalue weighted by Gasteiger charge is -2.05. The number of methoxy groups -OCH3 is 2. The lowest BCUT2D eigenvalue weighted by atomic mass is 10.2. The molecule has 4 nitrogen and oxygen atoms in total. The Hall–Kier alpha value is -1.29. The monoisotopic (exact) mass is 183 g/mol. The highest BCUT2D eigenvalue weighted by Gasteiger charge is 2.08. The number of aryl methyl sites for hydroxylation is 1. The Morgan fingerprint density at radius 3 is 2.69 bits per heavy atom. The lowest BCUT2D eigenvalue weighted by Crippen LogP contribution is -2.14.